The topological polar surface area (TPSA) is 129 Å². The number of aromatic nitrogens is 3. The van der Waals surface area contributed by atoms with E-state index in [0.29, 0.717) is 37.2 Å². The Balaban J connectivity index is 0.00000561. The Kier molecular flexibility index (Phi) is 15.3. The Labute approximate surface area is 324 Å². The lowest BCUT2D eigenvalue weighted by Gasteiger charge is -2.49. The van der Waals surface area contributed by atoms with Crippen LogP contribution in [0.25, 0.3) is 0 Å². The van der Waals surface area contributed by atoms with Crippen LogP contribution in [-0.2, 0) is 31.8 Å². The zero-order valence-electron chi connectivity index (χ0n) is 30.9. The van der Waals surface area contributed by atoms with Crippen molar-refractivity contribution in [3.05, 3.63) is 95.8 Å². The first-order chi connectivity index (χ1) is 26.0. The zero-order valence-corrected chi connectivity index (χ0v) is 32.5. The number of hydrogen-bond donors (Lipinski definition) is 3. The first-order valence-electron chi connectivity index (χ1n) is 18.6. The summed E-state index contributed by atoms with van der Waals surface area (Å²) in [6.07, 6.45) is 6.80. The van der Waals surface area contributed by atoms with Gasteiger partial charge in [-0.2, -0.15) is 19.5 Å². The van der Waals surface area contributed by atoms with Crippen molar-refractivity contribution in [3.8, 4) is 5.75 Å². The second kappa shape index (κ2) is 20.1. The molecule has 54 heavy (non-hydrogen) atoms. The van der Waals surface area contributed by atoms with E-state index in [0.717, 1.165) is 49.7 Å². The van der Waals surface area contributed by atoms with Gasteiger partial charge in [-0.05, 0) is 43.0 Å². The Morgan fingerprint density at radius 3 is 2.06 bits per heavy atom. The molecule has 1 aliphatic carbocycles. The van der Waals surface area contributed by atoms with Gasteiger partial charge in [0.05, 0.1) is 40.0 Å². The van der Waals surface area contributed by atoms with E-state index in [4.69, 9.17) is 28.7 Å². The molecule has 3 aromatic carbocycles. The van der Waals surface area contributed by atoms with Crippen LogP contribution >= 0.6 is 8.69 Å². The molecule has 2 unspecified atom stereocenters. The maximum atomic E-state index is 14.6. The lowest BCUT2D eigenvalue weighted by atomic mass is 10.1. The lowest BCUT2D eigenvalue weighted by molar-refractivity contribution is -1.06. The highest BCUT2D eigenvalue weighted by molar-refractivity contribution is 7.17. The highest BCUT2D eigenvalue weighted by atomic mass is 35.5. The minimum Gasteiger partial charge on any atom is -1.00 e. The number of hydrogen-bond acceptors (Lipinski definition) is 11. The van der Waals surface area contributed by atoms with Gasteiger partial charge in [-0.1, -0.05) is 86.3 Å². The van der Waals surface area contributed by atoms with Crippen LogP contribution in [0.3, 0.4) is 0 Å². The van der Waals surface area contributed by atoms with E-state index in [1.807, 2.05) is 60.7 Å². The summed E-state index contributed by atoms with van der Waals surface area (Å²) in [4.78, 5) is 14.2. The van der Waals surface area contributed by atoms with E-state index in [9.17, 15) is 8.96 Å². The second-order valence-electron chi connectivity index (χ2n) is 13.6. The molecule has 3 N–H and O–H groups in total. The fourth-order valence-electron chi connectivity index (χ4n) is 7.53. The minimum atomic E-state index is -1.69. The number of halogens is 2. The zero-order chi connectivity index (χ0) is 36.9. The molecule has 2 heterocycles. The summed E-state index contributed by atoms with van der Waals surface area (Å²) in [6, 6.07) is 24.4. The molecular formula is C39H50ClFN7O5P. The summed E-state index contributed by atoms with van der Waals surface area (Å²) in [5.74, 6) is 0.719. The molecule has 1 saturated carbocycles. The Hall–Kier alpha value is -3.97. The van der Waals surface area contributed by atoms with Gasteiger partial charge >= 0.3 is 14.8 Å². The standard InChI is InChI=1S/C39H50FN7O5P.ClH/c1-3-47(39(52-53-48,50-27-29-15-8-6-9-16-29)51-28-30-17-10-7-11-18-30)24-14-21-33(47)26-41-36-44-37(42-31-19-12-4-5-13-20-31)46-38(45-36)43-32-22-23-35(49-2)34(40)25-32;/h6-11,15-18,22-23,25,31,33H,3-5,12-14,19-21,24,26-28H2,1-2H3,(H3,41,42,43,44,45,46);1H/q+1;/p-1. The van der Waals surface area contributed by atoms with Crippen LogP contribution < -0.4 is 33.1 Å². The van der Waals surface area contributed by atoms with Crippen molar-refractivity contribution in [3.63, 3.8) is 0 Å². The van der Waals surface area contributed by atoms with Crippen molar-refractivity contribution in [2.24, 2.45) is 0 Å². The number of rotatable bonds is 18. The van der Waals surface area contributed by atoms with Crippen molar-refractivity contribution < 1.29 is 44.6 Å². The average Bonchev–Trinajstić information content (AvgIpc) is 3.45. The number of anilines is 4. The van der Waals surface area contributed by atoms with Gasteiger partial charge in [-0.3, -0.25) is 9.47 Å². The molecule has 1 aliphatic heterocycles. The van der Waals surface area contributed by atoms with Crippen LogP contribution in [0.1, 0.15) is 69.4 Å². The van der Waals surface area contributed by atoms with Crippen LogP contribution in [0.5, 0.6) is 5.75 Å². The highest BCUT2D eigenvalue weighted by Gasteiger charge is 2.62. The second-order valence-corrected chi connectivity index (χ2v) is 13.9. The molecule has 2 fully saturated rings. The fraction of sp³-hybridized carbons (Fsp3) is 0.462. The third-order valence-electron chi connectivity index (χ3n) is 10.3. The van der Waals surface area contributed by atoms with Gasteiger partial charge in [0.2, 0.25) is 17.8 Å². The molecule has 12 nitrogen and oxygen atoms in total. The molecule has 0 bridgehead atoms. The molecule has 0 spiro atoms. The van der Waals surface area contributed by atoms with Crippen molar-refractivity contribution in [2.75, 3.05) is 42.7 Å². The van der Waals surface area contributed by atoms with Crippen LogP contribution in [-0.4, -0.2) is 64.4 Å². The summed E-state index contributed by atoms with van der Waals surface area (Å²) in [6.45, 7) is 4.13. The number of likely N-dealkylation sites (tertiary alicyclic amines) is 1. The minimum absolute atomic E-state index is 0. The fourth-order valence-corrected chi connectivity index (χ4v) is 7.89. The van der Waals surface area contributed by atoms with Crippen LogP contribution in [0.2, 0.25) is 0 Å². The first kappa shape index (κ1) is 41.2. The largest absolute Gasteiger partial charge is 1.00 e. The summed E-state index contributed by atoms with van der Waals surface area (Å²) >= 11 is 0. The van der Waals surface area contributed by atoms with Gasteiger partial charge in [0, 0.05) is 30.6 Å². The van der Waals surface area contributed by atoms with E-state index in [1.54, 1.807) is 12.1 Å². The molecule has 0 radical (unpaired) electrons. The van der Waals surface area contributed by atoms with E-state index >= 15 is 0 Å². The van der Waals surface area contributed by atoms with Gasteiger partial charge in [0.15, 0.2) is 11.6 Å². The highest BCUT2D eigenvalue weighted by Crippen LogP contribution is 2.42. The summed E-state index contributed by atoms with van der Waals surface area (Å²) < 4.78 is 51.8. The number of benzene rings is 3. The van der Waals surface area contributed by atoms with Gasteiger partial charge < -0.3 is 33.1 Å². The maximum absolute atomic E-state index is 14.6. The number of ether oxygens (including phenoxy) is 3. The summed E-state index contributed by atoms with van der Waals surface area (Å²) in [5.41, 5.74) is 2.35. The van der Waals surface area contributed by atoms with Gasteiger partial charge in [0.1, 0.15) is 6.04 Å². The number of methoxy groups -OCH3 is 1. The smallest absolute Gasteiger partial charge is 0.460 e. The lowest BCUT2D eigenvalue weighted by Crippen LogP contribution is -3.00. The molecule has 0 amide bonds. The third-order valence-corrected chi connectivity index (χ3v) is 10.6. The molecule has 1 aromatic heterocycles. The number of nitrogens with zero attached hydrogens (tertiary/aromatic N) is 4. The predicted molar refractivity (Wildman–Crippen MR) is 202 cm³/mol. The first-order valence-corrected chi connectivity index (χ1v) is 19.3. The monoisotopic (exact) mass is 781 g/mol. The molecule has 15 heteroatoms. The summed E-state index contributed by atoms with van der Waals surface area (Å²) in [5, 5.41) is 10.2. The Bertz CT molecular complexity index is 1720. The van der Waals surface area contributed by atoms with E-state index in [2.05, 4.69) is 27.9 Å². The third kappa shape index (κ3) is 10.2. The Morgan fingerprint density at radius 1 is 0.833 bits per heavy atom. The van der Waals surface area contributed by atoms with E-state index in [1.165, 1.54) is 26.0 Å². The summed E-state index contributed by atoms with van der Waals surface area (Å²) in [7, 11) is 0.870. The van der Waals surface area contributed by atoms with Gasteiger partial charge in [-0.25, -0.2) is 13.4 Å². The van der Waals surface area contributed by atoms with Crippen molar-refractivity contribution in [1.82, 2.24) is 15.0 Å². The number of nitrogens with one attached hydrogen (secondary N) is 3. The van der Waals surface area contributed by atoms with Crippen LogP contribution in [0.4, 0.5) is 27.9 Å². The number of quaternary nitrogens is 1. The molecule has 290 valence electrons. The quantitative estimate of drug-likeness (QED) is 0.0507. The van der Waals surface area contributed by atoms with Crippen LogP contribution in [0, 0.1) is 5.82 Å². The molecule has 2 aliphatic rings. The van der Waals surface area contributed by atoms with Crippen LogP contribution in [0.15, 0.2) is 78.9 Å². The van der Waals surface area contributed by atoms with Crippen molar-refractivity contribution in [2.45, 2.75) is 89.7 Å². The maximum Gasteiger partial charge on any atom is 0.460 e. The SMILES string of the molecule is CC[N+]1(C(OCc2ccccc2)(OCc2ccccc2)OP=O)CCCC1CNc1nc(Nc2ccc(OC)c(F)c2)nc(NC2CCCCCC2)n1.[Cl-]. The van der Waals surface area contributed by atoms with Gasteiger partial charge in [0.25, 0.3) is 0 Å². The predicted octanol–water partition coefficient (Wildman–Crippen LogP) is 5.58. The van der Waals surface area contributed by atoms with E-state index in [-0.39, 0.29) is 53.9 Å². The number of likely N-dealkylation sites (N-methyl/N-ethyl adjacent to an activating group) is 1. The normalized spacial score (nSPS) is 19.1. The van der Waals surface area contributed by atoms with Crippen molar-refractivity contribution >= 4 is 32.2 Å². The van der Waals surface area contributed by atoms with Gasteiger partial charge in [-0.15, -0.1) is 0 Å². The van der Waals surface area contributed by atoms with E-state index < -0.39 is 20.6 Å². The molecule has 4 aromatic rings. The Morgan fingerprint density at radius 2 is 1.46 bits per heavy atom. The average molecular weight is 782 g/mol. The molecular weight excluding hydrogens is 732 g/mol. The molecule has 6 rings (SSSR count). The van der Waals surface area contributed by atoms with Crippen molar-refractivity contribution in [1.29, 1.82) is 0 Å². The molecule has 1 saturated heterocycles. The molecule has 2 atom stereocenters.